The van der Waals surface area contributed by atoms with Crippen molar-refractivity contribution in [3.05, 3.63) is 23.8 Å². The van der Waals surface area contributed by atoms with Crippen molar-refractivity contribution in [3.8, 4) is 11.5 Å². The molecule has 0 fully saturated rings. The molecule has 0 spiro atoms. The number of alkyl halides is 1. The van der Waals surface area contributed by atoms with Gasteiger partial charge in [-0.1, -0.05) is 46.1 Å². The van der Waals surface area contributed by atoms with Gasteiger partial charge in [-0.05, 0) is 37.0 Å². The Balaban J connectivity index is 2.76. The Kier molecular flexibility index (Phi) is 9.32. The average molecular weight is 313 g/mol. The lowest BCUT2D eigenvalue weighted by Crippen LogP contribution is -2.02. The maximum Gasteiger partial charge on any atom is 0.161 e. The van der Waals surface area contributed by atoms with Gasteiger partial charge in [0.15, 0.2) is 11.5 Å². The topological polar surface area (TPSA) is 18.5 Å². The number of ether oxygens (including phenoxy) is 2. The number of hydrogen-bond acceptors (Lipinski definition) is 2. The van der Waals surface area contributed by atoms with E-state index < -0.39 is 0 Å². The van der Waals surface area contributed by atoms with Crippen LogP contribution in [0.4, 0.5) is 0 Å². The summed E-state index contributed by atoms with van der Waals surface area (Å²) in [6.07, 6.45) is 6.61. The lowest BCUT2D eigenvalue weighted by Gasteiger charge is -2.16. The lowest BCUT2D eigenvalue weighted by atomic mass is 10.1. The van der Waals surface area contributed by atoms with Gasteiger partial charge in [-0.15, -0.1) is 11.6 Å². The number of unbranched alkanes of at least 4 members (excludes halogenated alkanes) is 2. The van der Waals surface area contributed by atoms with Gasteiger partial charge in [-0.2, -0.15) is 0 Å². The van der Waals surface area contributed by atoms with Crippen molar-refractivity contribution in [3.63, 3.8) is 0 Å². The van der Waals surface area contributed by atoms with E-state index in [1.807, 2.05) is 12.1 Å². The fourth-order valence-electron chi connectivity index (χ4n) is 2.12. The summed E-state index contributed by atoms with van der Waals surface area (Å²) in [6.45, 7) is 7.83. The van der Waals surface area contributed by atoms with Gasteiger partial charge in [-0.3, -0.25) is 0 Å². The van der Waals surface area contributed by atoms with Crippen molar-refractivity contribution in [1.29, 1.82) is 0 Å². The smallest absolute Gasteiger partial charge is 0.161 e. The Morgan fingerprint density at radius 2 is 1.57 bits per heavy atom. The Hall–Kier alpha value is -0.890. The van der Waals surface area contributed by atoms with Crippen molar-refractivity contribution in [2.24, 2.45) is 0 Å². The van der Waals surface area contributed by atoms with Crippen LogP contribution in [0.25, 0.3) is 0 Å². The largest absolute Gasteiger partial charge is 0.490 e. The fraction of sp³-hybridized carbons (Fsp3) is 0.667. The Labute approximate surface area is 134 Å². The standard InChI is InChI=1S/C18H29ClO2/c1-4-7-8-9-16(19)15-10-11-17(20-12-5-2)18(14-15)21-13-6-3/h10-11,14,16H,4-9,12-13H2,1-3H3. The van der Waals surface area contributed by atoms with Crippen LogP contribution in [0, 0.1) is 0 Å². The third-order valence-corrected chi connectivity index (χ3v) is 3.78. The van der Waals surface area contributed by atoms with Gasteiger partial charge in [0.2, 0.25) is 0 Å². The molecule has 3 heteroatoms. The first kappa shape index (κ1) is 18.2. The van der Waals surface area contributed by atoms with E-state index in [-0.39, 0.29) is 5.38 Å². The van der Waals surface area contributed by atoms with E-state index in [2.05, 4.69) is 26.8 Å². The van der Waals surface area contributed by atoms with E-state index in [1.165, 1.54) is 19.3 Å². The molecule has 0 aliphatic heterocycles. The molecule has 1 rings (SSSR count). The summed E-state index contributed by atoms with van der Waals surface area (Å²) in [4.78, 5) is 0. The molecule has 1 unspecified atom stereocenters. The molecule has 0 N–H and O–H groups in total. The molecule has 0 aromatic heterocycles. The van der Waals surface area contributed by atoms with E-state index in [9.17, 15) is 0 Å². The molecule has 1 aromatic rings. The van der Waals surface area contributed by atoms with Crippen molar-refractivity contribution < 1.29 is 9.47 Å². The molecule has 0 saturated heterocycles. The summed E-state index contributed by atoms with van der Waals surface area (Å²) in [5, 5.41) is 0.0563. The van der Waals surface area contributed by atoms with Crippen LogP contribution < -0.4 is 9.47 Å². The van der Waals surface area contributed by atoms with Crippen LogP contribution >= 0.6 is 11.6 Å². The van der Waals surface area contributed by atoms with Crippen LogP contribution in [0.5, 0.6) is 11.5 Å². The first-order valence-corrected chi connectivity index (χ1v) is 8.70. The van der Waals surface area contributed by atoms with Gasteiger partial charge >= 0.3 is 0 Å². The molecule has 0 amide bonds. The number of rotatable bonds is 11. The average Bonchev–Trinajstić information content (AvgIpc) is 2.51. The van der Waals surface area contributed by atoms with Gasteiger partial charge < -0.3 is 9.47 Å². The van der Waals surface area contributed by atoms with Crippen LogP contribution in [0.2, 0.25) is 0 Å². The Morgan fingerprint density at radius 1 is 0.905 bits per heavy atom. The first-order chi connectivity index (χ1) is 10.2. The number of halogens is 1. The monoisotopic (exact) mass is 312 g/mol. The normalized spacial score (nSPS) is 12.2. The van der Waals surface area contributed by atoms with E-state index >= 15 is 0 Å². The van der Waals surface area contributed by atoms with E-state index in [0.717, 1.165) is 36.3 Å². The Bertz CT molecular complexity index is 393. The van der Waals surface area contributed by atoms with Crippen LogP contribution in [0.3, 0.4) is 0 Å². The highest BCUT2D eigenvalue weighted by molar-refractivity contribution is 6.20. The first-order valence-electron chi connectivity index (χ1n) is 8.26. The minimum Gasteiger partial charge on any atom is -0.490 e. The highest BCUT2D eigenvalue weighted by atomic mass is 35.5. The maximum absolute atomic E-state index is 6.51. The van der Waals surface area contributed by atoms with Crippen LogP contribution in [0.15, 0.2) is 18.2 Å². The summed E-state index contributed by atoms with van der Waals surface area (Å²) in [5.41, 5.74) is 1.13. The molecular weight excluding hydrogens is 284 g/mol. The van der Waals surface area contributed by atoms with Crippen molar-refractivity contribution in [2.75, 3.05) is 13.2 Å². The zero-order valence-corrected chi connectivity index (χ0v) is 14.4. The Morgan fingerprint density at radius 3 is 2.19 bits per heavy atom. The molecule has 0 aliphatic carbocycles. The minimum atomic E-state index is 0.0563. The number of hydrogen-bond donors (Lipinski definition) is 0. The van der Waals surface area contributed by atoms with Gasteiger partial charge in [0.25, 0.3) is 0 Å². The van der Waals surface area contributed by atoms with Crippen LogP contribution in [0.1, 0.15) is 70.2 Å². The molecule has 0 bridgehead atoms. The second-order valence-corrected chi connectivity index (χ2v) is 5.89. The second kappa shape index (κ2) is 10.8. The number of benzene rings is 1. The highest BCUT2D eigenvalue weighted by Gasteiger charge is 2.12. The molecule has 1 aromatic carbocycles. The molecule has 21 heavy (non-hydrogen) atoms. The van der Waals surface area contributed by atoms with Gasteiger partial charge in [0, 0.05) is 0 Å². The van der Waals surface area contributed by atoms with Crippen molar-refractivity contribution >= 4 is 11.6 Å². The molecule has 1 atom stereocenters. The van der Waals surface area contributed by atoms with Crippen molar-refractivity contribution in [1.82, 2.24) is 0 Å². The molecule has 0 aliphatic rings. The second-order valence-electron chi connectivity index (χ2n) is 5.37. The van der Waals surface area contributed by atoms with E-state index in [0.29, 0.717) is 13.2 Å². The third kappa shape index (κ3) is 6.60. The maximum atomic E-state index is 6.51. The predicted molar refractivity (Wildman–Crippen MR) is 90.8 cm³/mol. The quantitative estimate of drug-likeness (QED) is 0.362. The SMILES string of the molecule is CCCCCC(Cl)c1ccc(OCCC)c(OCCC)c1. The summed E-state index contributed by atoms with van der Waals surface area (Å²) < 4.78 is 11.6. The molecule has 0 radical (unpaired) electrons. The van der Waals surface area contributed by atoms with Gasteiger partial charge in [0.1, 0.15) is 0 Å². The molecule has 0 heterocycles. The summed E-state index contributed by atoms with van der Waals surface area (Å²) in [5.74, 6) is 1.65. The fourth-order valence-corrected chi connectivity index (χ4v) is 2.41. The predicted octanol–water partition coefficient (Wildman–Crippen LogP) is 6.12. The zero-order chi connectivity index (χ0) is 15.5. The molecular formula is C18H29ClO2. The summed E-state index contributed by atoms with van der Waals surface area (Å²) in [6, 6.07) is 6.10. The van der Waals surface area contributed by atoms with E-state index in [4.69, 9.17) is 21.1 Å². The third-order valence-electron chi connectivity index (χ3n) is 3.31. The summed E-state index contributed by atoms with van der Waals surface area (Å²) in [7, 11) is 0. The van der Waals surface area contributed by atoms with Crippen LogP contribution in [-0.4, -0.2) is 13.2 Å². The lowest BCUT2D eigenvalue weighted by molar-refractivity contribution is 0.268. The molecule has 0 saturated carbocycles. The molecule has 120 valence electrons. The highest BCUT2D eigenvalue weighted by Crippen LogP contribution is 2.34. The van der Waals surface area contributed by atoms with Crippen molar-refractivity contribution in [2.45, 2.75) is 64.7 Å². The van der Waals surface area contributed by atoms with Gasteiger partial charge in [-0.25, -0.2) is 0 Å². The minimum absolute atomic E-state index is 0.0563. The summed E-state index contributed by atoms with van der Waals surface area (Å²) >= 11 is 6.51. The van der Waals surface area contributed by atoms with Gasteiger partial charge in [0.05, 0.1) is 18.6 Å². The zero-order valence-electron chi connectivity index (χ0n) is 13.7. The van der Waals surface area contributed by atoms with E-state index in [1.54, 1.807) is 0 Å². The molecule has 2 nitrogen and oxygen atoms in total. The van der Waals surface area contributed by atoms with Crippen LogP contribution in [-0.2, 0) is 0 Å².